The Balaban J connectivity index is 1.91. The highest BCUT2D eigenvalue weighted by atomic mass is 32.2. The smallest absolute Gasteiger partial charge is 0.126 e. The zero-order valence-corrected chi connectivity index (χ0v) is 10.8. The summed E-state index contributed by atoms with van der Waals surface area (Å²) in [7, 11) is 0. The number of thioether (sulfide) groups is 1. The number of phenols is 1. The van der Waals surface area contributed by atoms with Gasteiger partial charge >= 0.3 is 0 Å². The Kier molecular flexibility index (Phi) is 4.29. The number of nitrogens with one attached hydrogen (secondary N) is 1. The Morgan fingerprint density at radius 2 is 2.41 bits per heavy atom. The van der Waals surface area contributed by atoms with Crippen LogP contribution in [0.25, 0.3) is 0 Å². The zero-order valence-electron chi connectivity index (χ0n) is 9.95. The second-order valence-electron chi connectivity index (χ2n) is 4.56. The maximum absolute atomic E-state index is 12.9. The van der Waals surface area contributed by atoms with E-state index in [9.17, 15) is 9.50 Å². The van der Waals surface area contributed by atoms with Crippen LogP contribution >= 0.6 is 11.8 Å². The molecular weight excluding hydrogens is 237 g/mol. The Hall–Kier alpha value is -0.740. The molecule has 1 heterocycles. The highest BCUT2D eigenvalue weighted by Crippen LogP contribution is 2.26. The van der Waals surface area contributed by atoms with Crippen LogP contribution in [0.2, 0.25) is 0 Å². The molecule has 94 valence electrons. The van der Waals surface area contributed by atoms with Gasteiger partial charge in [-0.05, 0) is 43.4 Å². The van der Waals surface area contributed by atoms with E-state index in [1.54, 1.807) is 6.07 Å². The molecule has 0 radical (unpaired) electrons. The van der Waals surface area contributed by atoms with E-state index in [0.717, 1.165) is 18.0 Å². The highest BCUT2D eigenvalue weighted by Gasteiger charge is 2.17. The van der Waals surface area contributed by atoms with Gasteiger partial charge in [0.1, 0.15) is 11.6 Å². The van der Waals surface area contributed by atoms with Gasteiger partial charge in [0.05, 0.1) is 0 Å². The van der Waals surface area contributed by atoms with Gasteiger partial charge in [-0.15, -0.1) is 0 Å². The molecule has 2 atom stereocenters. The van der Waals surface area contributed by atoms with Gasteiger partial charge in [-0.25, -0.2) is 4.39 Å². The van der Waals surface area contributed by atoms with Gasteiger partial charge in [-0.2, -0.15) is 11.8 Å². The maximum atomic E-state index is 12.9. The number of aromatic hydroxyl groups is 1. The van der Waals surface area contributed by atoms with E-state index in [2.05, 4.69) is 5.32 Å². The fraction of sp³-hybridized carbons (Fsp3) is 0.538. The Morgan fingerprint density at radius 1 is 1.59 bits per heavy atom. The predicted octanol–water partition coefficient (Wildman–Crippen LogP) is 2.94. The van der Waals surface area contributed by atoms with E-state index >= 15 is 0 Å². The van der Waals surface area contributed by atoms with Crippen molar-refractivity contribution in [2.45, 2.75) is 19.4 Å². The molecule has 0 saturated carbocycles. The Bertz CT molecular complexity index is 380. The summed E-state index contributed by atoms with van der Waals surface area (Å²) in [5, 5.41) is 13.1. The van der Waals surface area contributed by atoms with E-state index in [1.165, 1.54) is 30.1 Å². The molecule has 2 unspecified atom stereocenters. The van der Waals surface area contributed by atoms with E-state index in [0.29, 0.717) is 0 Å². The van der Waals surface area contributed by atoms with E-state index in [1.807, 2.05) is 18.7 Å². The van der Waals surface area contributed by atoms with Gasteiger partial charge in [0, 0.05) is 17.7 Å². The summed E-state index contributed by atoms with van der Waals surface area (Å²) in [6.45, 7) is 2.96. The van der Waals surface area contributed by atoms with Gasteiger partial charge < -0.3 is 10.4 Å². The van der Waals surface area contributed by atoms with Crippen molar-refractivity contribution in [2.24, 2.45) is 5.92 Å². The fourth-order valence-corrected chi connectivity index (χ4v) is 3.37. The lowest BCUT2D eigenvalue weighted by atomic mass is 10.1. The fourth-order valence-electron chi connectivity index (χ4n) is 2.08. The van der Waals surface area contributed by atoms with E-state index < -0.39 is 5.82 Å². The third-order valence-electron chi connectivity index (χ3n) is 3.20. The lowest BCUT2D eigenvalue weighted by molar-refractivity contribution is 0.433. The van der Waals surface area contributed by atoms with Crippen molar-refractivity contribution in [3.8, 4) is 5.75 Å². The molecule has 2 nitrogen and oxygen atoms in total. The first kappa shape index (κ1) is 12.7. The molecule has 17 heavy (non-hydrogen) atoms. The summed E-state index contributed by atoms with van der Waals surface area (Å²) in [4.78, 5) is 0. The third kappa shape index (κ3) is 3.36. The zero-order chi connectivity index (χ0) is 12.3. The summed E-state index contributed by atoms with van der Waals surface area (Å²) < 4.78 is 12.9. The SMILES string of the molecule is CC(NCC1CCSC1)c1ccc(F)cc1O. The second-order valence-corrected chi connectivity index (χ2v) is 5.71. The molecule has 0 aliphatic carbocycles. The molecule has 0 bridgehead atoms. The van der Waals surface area contributed by atoms with Crippen molar-refractivity contribution in [1.82, 2.24) is 5.32 Å². The monoisotopic (exact) mass is 255 g/mol. The first-order chi connectivity index (χ1) is 8.16. The largest absolute Gasteiger partial charge is 0.508 e. The third-order valence-corrected chi connectivity index (χ3v) is 4.43. The number of halogens is 1. The van der Waals surface area contributed by atoms with Crippen LogP contribution in [0.1, 0.15) is 24.9 Å². The average Bonchev–Trinajstić information content (AvgIpc) is 2.78. The number of rotatable bonds is 4. The normalized spacial score (nSPS) is 21.6. The molecule has 0 spiro atoms. The summed E-state index contributed by atoms with van der Waals surface area (Å²) in [6.07, 6.45) is 1.26. The van der Waals surface area contributed by atoms with Crippen molar-refractivity contribution in [3.05, 3.63) is 29.6 Å². The number of hydrogen-bond acceptors (Lipinski definition) is 3. The van der Waals surface area contributed by atoms with Crippen molar-refractivity contribution in [1.29, 1.82) is 0 Å². The number of hydrogen-bond donors (Lipinski definition) is 2. The van der Waals surface area contributed by atoms with Crippen molar-refractivity contribution in [2.75, 3.05) is 18.1 Å². The van der Waals surface area contributed by atoms with Crippen molar-refractivity contribution in [3.63, 3.8) is 0 Å². The number of benzene rings is 1. The minimum absolute atomic E-state index is 0.0331. The van der Waals surface area contributed by atoms with Crippen molar-refractivity contribution < 1.29 is 9.50 Å². The van der Waals surface area contributed by atoms with Gasteiger partial charge in [0.15, 0.2) is 0 Å². The topological polar surface area (TPSA) is 32.3 Å². The molecule has 2 rings (SSSR count). The number of phenolic OH excluding ortho intramolecular Hbond substituents is 1. The van der Waals surface area contributed by atoms with Crippen LogP contribution in [-0.2, 0) is 0 Å². The van der Waals surface area contributed by atoms with Crippen molar-refractivity contribution >= 4 is 11.8 Å². The predicted molar refractivity (Wildman–Crippen MR) is 69.9 cm³/mol. The second kappa shape index (κ2) is 5.74. The van der Waals surface area contributed by atoms with Crippen LogP contribution in [-0.4, -0.2) is 23.2 Å². The lowest BCUT2D eigenvalue weighted by Crippen LogP contribution is -2.25. The van der Waals surface area contributed by atoms with Crippen LogP contribution in [0.3, 0.4) is 0 Å². The molecule has 1 saturated heterocycles. The van der Waals surface area contributed by atoms with Gasteiger partial charge in [0.25, 0.3) is 0 Å². The maximum Gasteiger partial charge on any atom is 0.126 e. The van der Waals surface area contributed by atoms with Crippen LogP contribution in [0.4, 0.5) is 4.39 Å². The average molecular weight is 255 g/mol. The molecule has 1 aromatic carbocycles. The molecule has 1 aromatic rings. The minimum atomic E-state index is -0.398. The summed E-state index contributed by atoms with van der Waals surface area (Å²) in [5.41, 5.74) is 0.761. The molecule has 0 aromatic heterocycles. The van der Waals surface area contributed by atoms with Crippen LogP contribution < -0.4 is 5.32 Å². The van der Waals surface area contributed by atoms with Gasteiger partial charge in [0.2, 0.25) is 0 Å². The molecule has 2 N–H and O–H groups in total. The van der Waals surface area contributed by atoms with Gasteiger partial charge in [-0.1, -0.05) is 6.07 Å². The highest BCUT2D eigenvalue weighted by molar-refractivity contribution is 7.99. The Morgan fingerprint density at radius 3 is 3.06 bits per heavy atom. The molecule has 1 fully saturated rings. The standard InChI is InChI=1S/C13H18FNOS/c1-9(15-7-10-4-5-17-8-10)12-3-2-11(14)6-13(12)16/h2-3,6,9-10,15-16H,4-5,7-8H2,1H3. The summed E-state index contributed by atoms with van der Waals surface area (Å²) in [5.74, 6) is 2.83. The van der Waals surface area contributed by atoms with E-state index in [-0.39, 0.29) is 11.8 Å². The molecule has 4 heteroatoms. The minimum Gasteiger partial charge on any atom is -0.508 e. The summed E-state index contributed by atoms with van der Waals surface area (Å²) >= 11 is 2.00. The first-order valence-electron chi connectivity index (χ1n) is 5.96. The quantitative estimate of drug-likeness (QED) is 0.867. The lowest BCUT2D eigenvalue weighted by Gasteiger charge is -2.18. The first-order valence-corrected chi connectivity index (χ1v) is 7.12. The van der Waals surface area contributed by atoms with Crippen LogP contribution in [0.15, 0.2) is 18.2 Å². The van der Waals surface area contributed by atoms with Crippen LogP contribution in [0.5, 0.6) is 5.75 Å². The molecular formula is C13H18FNOS. The van der Waals surface area contributed by atoms with Gasteiger partial charge in [-0.3, -0.25) is 0 Å². The van der Waals surface area contributed by atoms with E-state index in [4.69, 9.17) is 0 Å². The van der Waals surface area contributed by atoms with Crippen LogP contribution in [0, 0.1) is 11.7 Å². The summed E-state index contributed by atoms with van der Waals surface area (Å²) in [6, 6.07) is 4.25. The Labute approximate surface area is 106 Å². The molecule has 1 aliphatic heterocycles. The molecule has 0 amide bonds. The molecule has 1 aliphatic rings.